The molecule has 0 saturated carbocycles. The lowest BCUT2D eigenvalue weighted by atomic mass is 10.3. The summed E-state index contributed by atoms with van der Waals surface area (Å²) < 4.78 is 8.17. The fourth-order valence-electron chi connectivity index (χ4n) is 0.464. The molecular weight excluding hydrogens is 194 g/mol. The van der Waals surface area contributed by atoms with E-state index in [0.29, 0.717) is 0 Å². The molecule has 0 radical (unpaired) electrons. The Bertz CT molecular complexity index is 249. The van der Waals surface area contributed by atoms with Crippen molar-refractivity contribution in [1.82, 2.24) is 6.15 Å². The lowest BCUT2D eigenvalue weighted by Crippen LogP contribution is -2.44. The zero-order chi connectivity index (χ0) is 10.4. The van der Waals surface area contributed by atoms with Crippen molar-refractivity contribution < 1.29 is 29.0 Å². The molecule has 7 nitrogen and oxygen atoms in total. The lowest BCUT2D eigenvalue weighted by molar-refractivity contribution is -0.314. The SMILES string of the molecule is C=CC(=O)OC(C(=O)[O-])C(=O)OC.[NH4+]. The van der Waals surface area contributed by atoms with E-state index in [1.807, 2.05) is 0 Å². The van der Waals surface area contributed by atoms with E-state index >= 15 is 0 Å². The summed E-state index contributed by atoms with van der Waals surface area (Å²) in [5, 5.41) is 10.2. The van der Waals surface area contributed by atoms with Gasteiger partial charge in [0.25, 0.3) is 0 Å². The van der Waals surface area contributed by atoms with Crippen LogP contribution < -0.4 is 11.3 Å². The summed E-state index contributed by atoms with van der Waals surface area (Å²) in [5.41, 5.74) is 0. The first-order valence-corrected chi connectivity index (χ1v) is 3.14. The molecule has 4 N–H and O–H groups in total. The van der Waals surface area contributed by atoms with Gasteiger partial charge in [0.05, 0.1) is 13.1 Å². The van der Waals surface area contributed by atoms with Gasteiger partial charge in [-0.2, -0.15) is 0 Å². The highest BCUT2D eigenvalue weighted by Crippen LogP contribution is 1.95. The van der Waals surface area contributed by atoms with Gasteiger partial charge in [-0.05, 0) is 0 Å². The average Bonchev–Trinajstić information content (AvgIpc) is 2.11. The first-order valence-electron chi connectivity index (χ1n) is 3.14. The van der Waals surface area contributed by atoms with Crippen LogP contribution in [0.2, 0.25) is 0 Å². The van der Waals surface area contributed by atoms with Crippen molar-refractivity contribution in [3.8, 4) is 0 Å². The smallest absolute Gasteiger partial charge is 0.353 e. The van der Waals surface area contributed by atoms with Crippen LogP contribution in [-0.4, -0.2) is 31.1 Å². The molecule has 0 amide bonds. The van der Waals surface area contributed by atoms with E-state index in [4.69, 9.17) is 0 Å². The van der Waals surface area contributed by atoms with Gasteiger partial charge in [-0.3, -0.25) is 0 Å². The van der Waals surface area contributed by atoms with Crippen molar-refractivity contribution in [1.29, 1.82) is 0 Å². The van der Waals surface area contributed by atoms with Gasteiger partial charge in [-0.15, -0.1) is 0 Å². The zero-order valence-electron chi connectivity index (χ0n) is 7.81. The second-order valence-corrected chi connectivity index (χ2v) is 1.86. The Morgan fingerprint density at radius 1 is 1.43 bits per heavy atom. The average molecular weight is 205 g/mol. The maximum atomic E-state index is 10.7. The number of aliphatic carboxylic acids is 1. The summed E-state index contributed by atoms with van der Waals surface area (Å²) >= 11 is 0. The highest BCUT2D eigenvalue weighted by Gasteiger charge is 2.23. The van der Waals surface area contributed by atoms with Crippen molar-refractivity contribution in [3.63, 3.8) is 0 Å². The summed E-state index contributed by atoms with van der Waals surface area (Å²) in [7, 11) is 0.958. The van der Waals surface area contributed by atoms with Gasteiger partial charge < -0.3 is 25.5 Å². The van der Waals surface area contributed by atoms with Crippen molar-refractivity contribution in [2.75, 3.05) is 7.11 Å². The molecule has 0 heterocycles. The van der Waals surface area contributed by atoms with E-state index in [1.165, 1.54) is 0 Å². The molecule has 1 unspecified atom stereocenters. The molecular formula is C7H11NO6. The van der Waals surface area contributed by atoms with Crippen LogP contribution in [0.4, 0.5) is 0 Å². The largest absolute Gasteiger partial charge is 0.545 e. The third kappa shape index (κ3) is 4.21. The third-order valence-electron chi connectivity index (χ3n) is 1.03. The molecule has 0 aliphatic rings. The Labute approximate surface area is 79.9 Å². The predicted octanol–water partition coefficient (Wildman–Crippen LogP) is -1.62. The van der Waals surface area contributed by atoms with E-state index in [-0.39, 0.29) is 6.15 Å². The van der Waals surface area contributed by atoms with Crippen LogP contribution in [0, 0.1) is 0 Å². The van der Waals surface area contributed by atoms with E-state index in [1.54, 1.807) is 0 Å². The number of rotatable bonds is 4. The van der Waals surface area contributed by atoms with Crippen LogP contribution in [-0.2, 0) is 23.9 Å². The topological polar surface area (TPSA) is 129 Å². The number of ether oxygens (including phenoxy) is 2. The van der Waals surface area contributed by atoms with Crippen molar-refractivity contribution in [3.05, 3.63) is 12.7 Å². The van der Waals surface area contributed by atoms with Gasteiger partial charge >= 0.3 is 11.9 Å². The first kappa shape index (κ1) is 14.6. The molecule has 1 atom stereocenters. The molecule has 0 bridgehead atoms. The number of methoxy groups -OCH3 is 1. The third-order valence-corrected chi connectivity index (χ3v) is 1.03. The Morgan fingerprint density at radius 3 is 2.21 bits per heavy atom. The summed E-state index contributed by atoms with van der Waals surface area (Å²) in [5.74, 6) is -4.10. The van der Waals surface area contributed by atoms with Gasteiger partial charge in [0, 0.05) is 6.08 Å². The minimum Gasteiger partial charge on any atom is -0.545 e. The minimum absolute atomic E-state index is 0. The number of carboxylic acids is 1. The van der Waals surface area contributed by atoms with E-state index < -0.39 is 24.0 Å². The molecule has 0 aromatic carbocycles. The molecule has 0 spiro atoms. The van der Waals surface area contributed by atoms with Crippen molar-refractivity contribution in [2.45, 2.75) is 6.10 Å². The zero-order valence-corrected chi connectivity index (χ0v) is 7.81. The van der Waals surface area contributed by atoms with Crippen LogP contribution >= 0.6 is 0 Å². The molecule has 0 rings (SSSR count). The number of quaternary nitrogens is 1. The van der Waals surface area contributed by atoms with Gasteiger partial charge in [0.2, 0.25) is 6.10 Å². The molecule has 0 aromatic heterocycles. The molecule has 0 aromatic rings. The van der Waals surface area contributed by atoms with Crippen LogP contribution in [0.25, 0.3) is 0 Å². The monoisotopic (exact) mass is 205 g/mol. The number of hydrogen-bond acceptors (Lipinski definition) is 6. The Morgan fingerprint density at radius 2 is 1.93 bits per heavy atom. The first-order chi connectivity index (χ1) is 6.02. The molecule has 0 aliphatic heterocycles. The fraction of sp³-hybridized carbons (Fsp3) is 0.286. The maximum absolute atomic E-state index is 10.7. The van der Waals surface area contributed by atoms with Crippen LogP contribution in [0.1, 0.15) is 0 Å². The molecule has 0 aliphatic carbocycles. The molecule has 14 heavy (non-hydrogen) atoms. The Kier molecular flexibility index (Phi) is 6.90. The van der Waals surface area contributed by atoms with Crippen molar-refractivity contribution >= 4 is 17.9 Å². The summed E-state index contributed by atoms with van der Waals surface area (Å²) in [6, 6.07) is 0. The van der Waals surface area contributed by atoms with Crippen LogP contribution in [0.15, 0.2) is 12.7 Å². The minimum atomic E-state index is -2.05. The van der Waals surface area contributed by atoms with Crippen molar-refractivity contribution in [2.24, 2.45) is 0 Å². The van der Waals surface area contributed by atoms with Gasteiger partial charge in [0.15, 0.2) is 0 Å². The standard InChI is InChI=1S/C7H8O6.H3N/c1-3-4(8)13-5(6(9)10)7(11)12-2;/h3,5H,1H2,2H3,(H,9,10);1H3. The van der Waals surface area contributed by atoms with Crippen LogP contribution in [0.5, 0.6) is 0 Å². The van der Waals surface area contributed by atoms with Crippen LogP contribution in [0.3, 0.4) is 0 Å². The second kappa shape index (κ2) is 6.61. The summed E-state index contributed by atoms with van der Waals surface area (Å²) in [4.78, 5) is 31.4. The van der Waals surface area contributed by atoms with E-state index in [0.717, 1.165) is 13.2 Å². The maximum Gasteiger partial charge on any atom is 0.353 e. The number of esters is 2. The molecule has 80 valence electrons. The predicted molar refractivity (Wildman–Crippen MR) is 43.1 cm³/mol. The number of hydrogen-bond donors (Lipinski definition) is 1. The normalized spacial score (nSPS) is 10.4. The Balaban J connectivity index is 0. The molecule has 0 saturated heterocycles. The molecule has 7 heteroatoms. The number of carboxylic acid groups (broad SMARTS) is 1. The highest BCUT2D eigenvalue weighted by atomic mass is 16.6. The van der Waals surface area contributed by atoms with E-state index in [9.17, 15) is 19.5 Å². The van der Waals surface area contributed by atoms with Gasteiger partial charge in [-0.25, -0.2) is 9.59 Å². The quantitative estimate of drug-likeness (QED) is 0.333. The Hall–Kier alpha value is -1.89. The summed E-state index contributed by atoms with van der Waals surface area (Å²) in [6.45, 7) is 3.02. The number of carbonyl (C=O) groups is 3. The highest BCUT2D eigenvalue weighted by molar-refractivity contribution is 5.98. The lowest BCUT2D eigenvalue weighted by Gasteiger charge is -2.14. The summed E-state index contributed by atoms with van der Waals surface area (Å²) in [6.07, 6.45) is -1.32. The number of carbonyl (C=O) groups excluding carboxylic acids is 3. The van der Waals surface area contributed by atoms with Gasteiger partial charge in [0.1, 0.15) is 0 Å². The van der Waals surface area contributed by atoms with Gasteiger partial charge in [-0.1, -0.05) is 6.58 Å². The fourth-order valence-corrected chi connectivity index (χ4v) is 0.464. The second-order valence-electron chi connectivity index (χ2n) is 1.86. The van der Waals surface area contributed by atoms with E-state index in [2.05, 4.69) is 16.1 Å². The molecule has 0 fully saturated rings.